The van der Waals surface area contributed by atoms with Gasteiger partial charge in [0.05, 0.1) is 29.6 Å². The predicted molar refractivity (Wildman–Crippen MR) is 135 cm³/mol. The molecule has 6 rings (SSSR count). The molecule has 5 aromatic rings. The summed E-state index contributed by atoms with van der Waals surface area (Å²) in [6, 6.07) is 7.38. The van der Waals surface area contributed by atoms with Gasteiger partial charge in [-0.05, 0) is 30.7 Å². The third-order valence-corrected chi connectivity index (χ3v) is 6.86. The first-order valence-corrected chi connectivity index (χ1v) is 12.4. The fourth-order valence-corrected chi connectivity index (χ4v) is 5.04. The summed E-state index contributed by atoms with van der Waals surface area (Å²) in [5, 5.41) is 9.92. The molecule has 5 heterocycles. The Bertz CT molecular complexity index is 1540. The van der Waals surface area contributed by atoms with Gasteiger partial charge < -0.3 is 15.1 Å². The van der Waals surface area contributed by atoms with Gasteiger partial charge in [-0.25, -0.2) is 18.4 Å². The van der Waals surface area contributed by atoms with Crippen LogP contribution >= 0.6 is 0 Å². The maximum atomic E-state index is 14.3. The monoisotopic (exact) mass is 507 g/mol. The molecule has 0 amide bonds. The van der Waals surface area contributed by atoms with Crippen molar-refractivity contribution in [3.8, 4) is 11.6 Å². The quantitative estimate of drug-likeness (QED) is 0.355. The van der Waals surface area contributed by atoms with Crippen LogP contribution in [0, 0.1) is 11.6 Å². The lowest BCUT2D eigenvalue weighted by atomic mass is 10.1. The van der Waals surface area contributed by atoms with Crippen LogP contribution in [0.2, 0.25) is 0 Å². The third kappa shape index (κ3) is 4.26. The van der Waals surface area contributed by atoms with E-state index in [0.29, 0.717) is 41.7 Å². The van der Waals surface area contributed by atoms with E-state index in [-0.39, 0.29) is 12.0 Å². The zero-order valence-corrected chi connectivity index (χ0v) is 20.4. The molecule has 1 aliphatic heterocycles. The van der Waals surface area contributed by atoms with E-state index in [1.165, 1.54) is 16.6 Å². The minimum absolute atomic E-state index is 0.0680. The van der Waals surface area contributed by atoms with E-state index in [9.17, 15) is 8.78 Å². The topological polar surface area (TPSA) is 107 Å². The summed E-state index contributed by atoms with van der Waals surface area (Å²) in [7, 11) is 0. The van der Waals surface area contributed by atoms with E-state index in [4.69, 9.17) is 15.2 Å². The van der Waals surface area contributed by atoms with Crippen LogP contribution in [0.5, 0.6) is 0 Å². The number of piperazine rings is 1. The Kier molecular flexibility index (Phi) is 5.95. The van der Waals surface area contributed by atoms with Crippen LogP contribution in [0.1, 0.15) is 25.8 Å². The highest BCUT2D eigenvalue weighted by Crippen LogP contribution is 2.28. The van der Waals surface area contributed by atoms with E-state index in [2.05, 4.69) is 26.9 Å². The molecular weight excluding hydrogens is 480 g/mol. The van der Waals surface area contributed by atoms with E-state index in [1.54, 1.807) is 24.6 Å². The highest BCUT2D eigenvalue weighted by molar-refractivity contribution is 5.90. The number of anilines is 2. The van der Waals surface area contributed by atoms with E-state index in [1.807, 2.05) is 9.58 Å². The number of furan rings is 1. The van der Waals surface area contributed by atoms with Crippen molar-refractivity contribution in [2.24, 2.45) is 0 Å². The van der Waals surface area contributed by atoms with Gasteiger partial charge in [-0.1, -0.05) is 13.3 Å². The number of rotatable bonds is 7. The number of halogens is 2. The van der Waals surface area contributed by atoms with Gasteiger partial charge in [0.1, 0.15) is 11.6 Å². The molecule has 0 spiro atoms. The third-order valence-electron chi connectivity index (χ3n) is 6.86. The minimum Gasteiger partial charge on any atom is -0.461 e. The Morgan fingerprint density at radius 2 is 1.92 bits per heavy atom. The first-order chi connectivity index (χ1) is 18.0. The van der Waals surface area contributed by atoms with Crippen molar-refractivity contribution in [1.29, 1.82) is 0 Å². The summed E-state index contributed by atoms with van der Waals surface area (Å²) in [4.78, 5) is 13.6. The van der Waals surface area contributed by atoms with Gasteiger partial charge in [0, 0.05) is 38.8 Å². The molecule has 1 atom stereocenters. The average molecular weight is 508 g/mol. The SMILES string of the molecule is CCCC(CN1CCN(c2ccc(F)cc2F)CC1)n1ncc2c1nc(N)n1nc(-c3ccco3)nc21. The van der Waals surface area contributed by atoms with Crippen LogP contribution in [-0.2, 0) is 0 Å². The van der Waals surface area contributed by atoms with Gasteiger partial charge in [0.15, 0.2) is 17.1 Å². The number of fused-ring (bicyclic) bond motifs is 3. The minimum atomic E-state index is -0.566. The van der Waals surface area contributed by atoms with Crippen molar-refractivity contribution in [3.05, 3.63) is 54.4 Å². The summed E-state index contributed by atoms with van der Waals surface area (Å²) in [5.41, 5.74) is 7.95. The second-order valence-corrected chi connectivity index (χ2v) is 9.27. The van der Waals surface area contributed by atoms with Crippen molar-refractivity contribution in [2.75, 3.05) is 43.4 Å². The molecule has 1 fully saturated rings. The molecule has 1 saturated heterocycles. The van der Waals surface area contributed by atoms with Gasteiger partial charge in [-0.3, -0.25) is 4.90 Å². The van der Waals surface area contributed by atoms with Crippen molar-refractivity contribution in [3.63, 3.8) is 0 Å². The summed E-state index contributed by atoms with van der Waals surface area (Å²) in [6.45, 7) is 5.73. The number of benzene rings is 1. The molecule has 12 heteroatoms. The molecule has 1 aromatic carbocycles. The van der Waals surface area contributed by atoms with Gasteiger partial charge in [0.25, 0.3) is 0 Å². The zero-order chi connectivity index (χ0) is 25.5. The summed E-state index contributed by atoms with van der Waals surface area (Å²) < 4.78 is 36.5. The van der Waals surface area contributed by atoms with Crippen LogP contribution in [0.25, 0.3) is 28.3 Å². The Morgan fingerprint density at radius 1 is 1.08 bits per heavy atom. The smallest absolute Gasteiger partial charge is 0.225 e. The largest absolute Gasteiger partial charge is 0.461 e. The molecule has 0 aliphatic carbocycles. The highest BCUT2D eigenvalue weighted by Gasteiger charge is 2.25. The fourth-order valence-electron chi connectivity index (χ4n) is 5.04. The molecule has 192 valence electrons. The lowest BCUT2D eigenvalue weighted by Gasteiger charge is -2.37. The molecule has 4 aromatic heterocycles. The predicted octanol–water partition coefficient (Wildman–Crippen LogP) is 3.76. The molecule has 1 unspecified atom stereocenters. The number of hydrogen-bond donors (Lipinski definition) is 1. The maximum absolute atomic E-state index is 14.3. The molecule has 10 nitrogen and oxygen atoms in total. The van der Waals surface area contributed by atoms with Crippen molar-refractivity contribution in [2.45, 2.75) is 25.8 Å². The van der Waals surface area contributed by atoms with Gasteiger partial charge in [-0.2, -0.15) is 14.6 Å². The average Bonchev–Trinajstić information content (AvgIpc) is 3.64. The van der Waals surface area contributed by atoms with E-state index in [0.717, 1.165) is 43.9 Å². The summed E-state index contributed by atoms with van der Waals surface area (Å²) >= 11 is 0. The lowest BCUT2D eigenvalue weighted by molar-refractivity contribution is 0.208. The maximum Gasteiger partial charge on any atom is 0.225 e. The number of hydrogen-bond acceptors (Lipinski definition) is 8. The van der Waals surface area contributed by atoms with Crippen molar-refractivity contribution >= 4 is 28.3 Å². The number of aromatic nitrogens is 6. The van der Waals surface area contributed by atoms with Gasteiger partial charge in [0.2, 0.25) is 11.8 Å². The molecule has 0 radical (unpaired) electrons. The Hall–Kier alpha value is -4.06. The van der Waals surface area contributed by atoms with Crippen LogP contribution in [0.3, 0.4) is 0 Å². The normalized spacial score (nSPS) is 15.7. The molecular formula is C25H27F2N9O. The molecule has 0 bridgehead atoms. The van der Waals surface area contributed by atoms with Crippen molar-refractivity contribution < 1.29 is 13.2 Å². The standard InChI is InChI=1S/C25H27F2N9O/c1-2-4-17(15-33-8-10-34(11-9-33)20-7-6-16(26)13-19(20)27)35-24-18(14-29-35)23-30-22(21-5-3-12-37-21)32-36(23)25(28)31-24/h3,5-7,12-14,17H,2,4,8-11,15H2,1H3,(H2,28,31). The Balaban J connectivity index is 1.24. The van der Waals surface area contributed by atoms with E-state index < -0.39 is 11.6 Å². The molecule has 37 heavy (non-hydrogen) atoms. The van der Waals surface area contributed by atoms with Crippen molar-refractivity contribution in [1.82, 2.24) is 34.3 Å². The van der Waals surface area contributed by atoms with Crippen LogP contribution in [-0.4, -0.2) is 67.0 Å². The van der Waals surface area contributed by atoms with Crippen LogP contribution in [0.4, 0.5) is 20.4 Å². The van der Waals surface area contributed by atoms with Crippen LogP contribution < -0.4 is 10.6 Å². The number of nitrogens with zero attached hydrogens (tertiary/aromatic N) is 8. The summed E-state index contributed by atoms with van der Waals surface area (Å²) in [5.74, 6) is 0.105. The highest BCUT2D eigenvalue weighted by atomic mass is 19.1. The molecule has 0 saturated carbocycles. The zero-order valence-electron chi connectivity index (χ0n) is 20.4. The second-order valence-electron chi connectivity index (χ2n) is 9.27. The van der Waals surface area contributed by atoms with E-state index >= 15 is 0 Å². The lowest BCUT2D eigenvalue weighted by Crippen LogP contribution is -2.48. The van der Waals surface area contributed by atoms with Gasteiger partial charge >= 0.3 is 0 Å². The first-order valence-electron chi connectivity index (χ1n) is 12.4. The first kappa shape index (κ1) is 23.3. The molecule has 2 N–H and O–H groups in total. The number of nitrogens with two attached hydrogens (primary N) is 1. The van der Waals surface area contributed by atoms with Gasteiger partial charge in [-0.15, -0.1) is 5.10 Å². The Morgan fingerprint density at radius 3 is 2.65 bits per heavy atom. The Labute approximate surface area is 211 Å². The fraction of sp³-hybridized carbons (Fsp3) is 0.360. The summed E-state index contributed by atoms with van der Waals surface area (Å²) in [6.07, 6.45) is 5.20. The second kappa shape index (κ2) is 9.43. The number of nitrogen functional groups attached to an aromatic ring is 1. The molecule has 1 aliphatic rings. The van der Waals surface area contributed by atoms with Crippen LogP contribution in [0.15, 0.2) is 47.2 Å².